The number of amides is 1. The van der Waals surface area contributed by atoms with E-state index < -0.39 is 0 Å². The molecular formula is C21H24N6O2. The van der Waals surface area contributed by atoms with Crippen LogP contribution in [0, 0.1) is 6.92 Å². The van der Waals surface area contributed by atoms with E-state index in [1.807, 2.05) is 19.1 Å². The summed E-state index contributed by atoms with van der Waals surface area (Å²) in [5, 5.41) is 11.6. The minimum absolute atomic E-state index is 0.0595. The lowest BCUT2D eigenvalue weighted by molar-refractivity contribution is 0.0927. The second kappa shape index (κ2) is 7.42. The molecule has 2 aliphatic carbocycles. The summed E-state index contributed by atoms with van der Waals surface area (Å²) in [7, 11) is 0. The van der Waals surface area contributed by atoms with Crippen LogP contribution in [-0.2, 0) is 0 Å². The SMILES string of the molecule is Cc1c(C(=O)NC2CCCCC2)cnn1-c1ccc(-c2nc(C3CC3)no2)cn1. The summed E-state index contributed by atoms with van der Waals surface area (Å²) in [6.45, 7) is 1.89. The maximum Gasteiger partial charge on any atom is 0.259 e. The molecule has 0 aliphatic heterocycles. The van der Waals surface area contributed by atoms with Gasteiger partial charge in [0, 0.05) is 18.2 Å². The Morgan fingerprint density at radius 1 is 1.14 bits per heavy atom. The fraction of sp³-hybridized carbons (Fsp3) is 0.476. The third kappa shape index (κ3) is 3.66. The van der Waals surface area contributed by atoms with Crippen molar-refractivity contribution in [3.63, 3.8) is 0 Å². The van der Waals surface area contributed by atoms with Crippen molar-refractivity contribution in [3.05, 3.63) is 41.6 Å². The first-order chi connectivity index (χ1) is 14.2. The molecule has 0 aromatic carbocycles. The van der Waals surface area contributed by atoms with Crippen LogP contribution in [0.15, 0.2) is 29.0 Å². The molecule has 0 radical (unpaired) electrons. The van der Waals surface area contributed by atoms with E-state index in [4.69, 9.17) is 4.52 Å². The second-order valence-electron chi connectivity index (χ2n) is 8.00. The predicted octanol–water partition coefficient (Wildman–Crippen LogP) is 3.57. The molecule has 3 aromatic heterocycles. The minimum Gasteiger partial charge on any atom is -0.349 e. The van der Waals surface area contributed by atoms with Crippen molar-refractivity contribution in [2.45, 2.75) is 63.8 Å². The Bertz CT molecular complexity index is 1010. The van der Waals surface area contributed by atoms with Gasteiger partial charge in [-0.15, -0.1) is 0 Å². The van der Waals surface area contributed by atoms with E-state index in [9.17, 15) is 4.79 Å². The topological polar surface area (TPSA) is 98.7 Å². The molecule has 8 heteroatoms. The van der Waals surface area contributed by atoms with Crippen molar-refractivity contribution in [2.24, 2.45) is 0 Å². The molecule has 0 spiro atoms. The molecule has 0 atom stereocenters. The third-order valence-corrected chi connectivity index (χ3v) is 5.79. The van der Waals surface area contributed by atoms with Crippen LogP contribution in [0.3, 0.4) is 0 Å². The number of pyridine rings is 1. The highest BCUT2D eigenvalue weighted by atomic mass is 16.5. The lowest BCUT2D eigenvalue weighted by atomic mass is 9.95. The van der Waals surface area contributed by atoms with Crippen molar-refractivity contribution >= 4 is 5.91 Å². The van der Waals surface area contributed by atoms with Crippen LogP contribution in [-0.4, -0.2) is 36.9 Å². The van der Waals surface area contributed by atoms with E-state index in [2.05, 4.69) is 25.5 Å². The quantitative estimate of drug-likeness (QED) is 0.713. The summed E-state index contributed by atoms with van der Waals surface area (Å²) < 4.78 is 7.04. The fourth-order valence-electron chi connectivity index (χ4n) is 3.87. The minimum atomic E-state index is -0.0595. The van der Waals surface area contributed by atoms with Gasteiger partial charge < -0.3 is 9.84 Å². The van der Waals surface area contributed by atoms with Gasteiger partial charge in [0.05, 0.1) is 23.0 Å². The van der Waals surface area contributed by atoms with Gasteiger partial charge >= 0.3 is 0 Å². The molecule has 0 saturated heterocycles. The number of rotatable bonds is 5. The molecule has 5 rings (SSSR count). The third-order valence-electron chi connectivity index (χ3n) is 5.79. The average Bonchev–Trinajstić information content (AvgIpc) is 3.35. The maximum absolute atomic E-state index is 12.7. The van der Waals surface area contributed by atoms with Crippen molar-refractivity contribution in [1.82, 2.24) is 30.2 Å². The zero-order chi connectivity index (χ0) is 19.8. The standard InChI is InChI=1S/C21H24N6O2/c1-13-17(20(28)24-16-5-3-2-4-6-16)12-23-27(13)18-10-9-15(11-22-18)21-25-19(26-29-21)14-7-8-14/h9-12,14,16H,2-8H2,1H3,(H,24,28). The maximum atomic E-state index is 12.7. The zero-order valence-electron chi connectivity index (χ0n) is 16.5. The van der Waals surface area contributed by atoms with E-state index in [-0.39, 0.29) is 11.9 Å². The van der Waals surface area contributed by atoms with Gasteiger partial charge in [-0.2, -0.15) is 10.1 Å². The molecule has 150 valence electrons. The molecule has 0 bridgehead atoms. The van der Waals surface area contributed by atoms with Crippen LogP contribution < -0.4 is 5.32 Å². The lowest BCUT2D eigenvalue weighted by Crippen LogP contribution is -2.36. The van der Waals surface area contributed by atoms with Gasteiger partial charge in [0.2, 0.25) is 0 Å². The van der Waals surface area contributed by atoms with Crippen LogP contribution in [0.1, 0.15) is 72.7 Å². The summed E-state index contributed by atoms with van der Waals surface area (Å²) in [5.74, 6) is 2.29. The highest BCUT2D eigenvalue weighted by Crippen LogP contribution is 2.38. The average molecular weight is 392 g/mol. The summed E-state index contributed by atoms with van der Waals surface area (Å²) in [6.07, 6.45) is 11.3. The second-order valence-corrected chi connectivity index (χ2v) is 8.00. The molecule has 29 heavy (non-hydrogen) atoms. The Labute approximate surface area is 168 Å². The van der Waals surface area contributed by atoms with Crippen molar-refractivity contribution < 1.29 is 9.32 Å². The highest BCUT2D eigenvalue weighted by molar-refractivity contribution is 5.95. The highest BCUT2D eigenvalue weighted by Gasteiger charge is 2.29. The molecule has 2 fully saturated rings. The monoisotopic (exact) mass is 392 g/mol. The fourth-order valence-corrected chi connectivity index (χ4v) is 3.87. The number of hydrogen-bond acceptors (Lipinski definition) is 6. The number of carbonyl (C=O) groups excluding carboxylic acids is 1. The lowest BCUT2D eigenvalue weighted by Gasteiger charge is -2.22. The van der Waals surface area contributed by atoms with Crippen LogP contribution >= 0.6 is 0 Å². The molecule has 0 unspecified atom stereocenters. The predicted molar refractivity (Wildman–Crippen MR) is 106 cm³/mol. The summed E-state index contributed by atoms with van der Waals surface area (Å²) >= 11 is 0. The number of aromatic nitrogens is 5. The Balaban J connectivity index is 1.32. The molecular weight excluding hydrogens is 368 g/mol. The van der Waals surface area contributed by atoms with Crippen molar-refractivity contribution in [1.29, 1.82) is 0 Å². The smallest absolute Gasteiger partial charge is 0.259 e. The Morgan fingerprint density at radius 2 is 1.97 bits per heavy atom. The molecule has 3 aromatic rings. The summed E-state index contributed by atoms with van der Waals surface area (Å²) in [6, 6.07) is 4.00. The van der Waals surface area contributed by atoms with E-state index in [1.165, 1.54) is 19.3 Å². The molecule has 1 amide bonds. The van der Waals surface area contributed by atoms with Crippen molar-refractivity contribution in [2.75, 3.05) is 0 Å². The number of nitrogens with one attached hydrogen (secondary N) is 1. The van der Waals surface area contributed by atoms with Gasteiger partial charge in [0.1, 0.15) is 0 Å². The van der Waals surface area contributed by atoms with Gasteiger partial charge in [0.25, 0.3) is 11.8 Å². The number of nitrogens with zero attached hydrogens (tertiary/aromatic N) is 5. The molecule has 2 saturated carbocycles. The summed E-state index contributed by atoms with van der Waals surface area (Å²) in [5.41, 5.74) is 2.13. The first-order valence-electron chi connectivity index (χ1n) is 10.3. The van der Waals surface area contributed by atoms with Gasteiger partial charge in [-0.05, 0) is 44.7 Å². The Morgan fingerprint density at radius 3 is 2.69 bits per heavy atom. The Kier molecular flexibility index (Phi) is 4.61. The molecule has 1 N–H and O–H groups in total. The van der Waals surface area contributed by atoms with Crippen molar-refractivity contribution in [3.8, 4) is 17.3 Å². The van der Waals surface area contributed by atoms with Crippen LogP contribution in [0.25, 0.3) is 17.3 Å². The van der Waals surface area contributed by atoms with Gasteiger partial charge in [-0.3, -0.25) is 4.79 Å². The number of hydrogen-bond donors (Lipinski definition) is 1. The van der Waals surface area contributed by atoms with E-state index in [0.29, 0.717) is 23.2 Å². The van der Waals surface area contributed by atoms with Crippen LogP contribution in [0.5, 0.6) is 0 Å². The van der Waals surface area contributed by atoms with Gasteiger partial charge in [-0.25, -0.2) is 9.67 Å². The zero-order valence-corrected chi connectivity index (χ0v) is 16.5. The molecule has 2 aliphatic rings. The van der Waals surface area contributed by atoms with Gasteiger partial charge in [-0.1, -0.05) is 24.4 Å². The molecule has 3 heterocycles. The first-order valence-corrected chi connectivity index (χ1v) is 10.3. The van der Waals surface area contributed by atoms with Crippen LogP contribution in [0.2, 0.25) is 0 Å². The number of carbonyl (C=O) groups is 1. The largest absolute Gasteiger partial charge is 0.349 e. The van der Waals surface area contributed by atoms with E-state index in [0.717, 1.165) is 42.8 Å². The Hall–Kier alpha value is -3.03. The first kappa shape index (κ1) is 18.0. The normalized spacial score (nSPS) is 17.4. The molecule has 8 nitrogen and oxygen atoms in total. The van der Waals surface area contributed by atoms with Gasteiger partial charge in [0.15, 0.2) is 11.6 Å². The van der Waals surface area contributed by atoms with E-state index >= 15 is 0 Å². The summed E-state index contributed by atoms with van der Waals surface area (Å²) in [4.78, 5) is 21.6. The van der Waals surface area contributed by atoms with E-state index in [1.54, 1.807) is 17.1 Å². The van der Waals surface area contributed by atoms with Crippen LogP contribution in [0.4, 0.5) is 0 Å².